The van der Waals surface area contributed by atoms with Crippen molar-refractivity contribution >= 4 is 21.8 Å². The summed E-state index contributed by atoms with van der Waals surface area (Å²) in [5.74, 6) is -0.796. The molecule has 1 amide bonds. The molecular weight excluding hydrogens is 325 g/mol. The molecule has 0 saturated carbocycles. The van der Waals surface area contributed by atoms with Crippen molar-refractivity contribution in [1.82, 2.24) is 5.32 Å². The lowest BCUT2D eigenvalue weighted by Gasteiger charge is -2.25. The minimum absolute atomic E-state index is 0.122. The van der Waals surface area contributed by atoms with Crippen LogP contribution in [0.5, 0.6) is 0 Å². The molecule has 0 spiro atoms. The average Bonchev–Trinajstić information content (AvgIpc) is 2.27. The molecule has 0 fully saturated rings. The van der Waals surface area contributed by atoms with E-state index >= 15 is 0 Å². The van der Waals surface area contributed by atoms with E-state index in [1.54, 1.807) is 13.8 Å². The summed E-state index contributed by atoms with van der Waals surface area (Å²) in [6, 6.07) is 3.40. The third kappa shape index (κ3) is 4.21. The van der Waals surface area contributed by atoms with Crippen LogP contribution in [-0.4, -0.2) is 18.0 Å². The van der Waals surface area contributed by atoms with E-state index in [9.17, 15) is 18.0 Å². The number of rotatable bonds is 3. The van der Waals surface area contributed by atoms with Crippen LogP contribution in [0.3, 0.4) is 0 Å². The van der Waals surface area contributed by atoms with Gasteiger partial charge in [0.2, 0.25) is 0 Å². The summed E-state index contributed by atoms with van der Waals surface area (Å²) in [4.78, 5) is 11.9. The van der Waals surface area contributed by atoms with Crippen molar-refractivity contribution in [3.63, 3.8) is 0 Å². The summed E-state index contributed by atoms with van der Waals surface area (Å²) < 4.78 is 38.9. The lowest BCUT2D eigenvalue weighted by Crippen LogP contribution is -2.49. The first-order chi connectivity index (χ1) is 8.57. The van der Waals surface area contributed by atoms with Gasteiger partial charge in [-0.05, 0) is 32.0 Å². The van der Waals surface area contributed by atoms with Gasteiger partial charge in [0, 0.05) is 16.6 Å². The van der Waals surface area contributed by atoms with Gasteiger partial charge in [-0.15, -0.1) is 0 Å². The van der Waals surface area contributed by atoms with Crippen molar-refractivity contribution in [2.24, 2.45) is 5.73 Å². The summed E-state index contributed by atoms with van der Waals surface area (Å²) >= 11 is 2.96. The van der Waals surface area contributed by atoms with Gasteiger partial charge in [0.25, 0.3) is 5.91 Å². The highest BCUT2D eigenvalue weighted by Crippen LogP contribution is 2.34. The van der Waals surface area contributed by atoms with Gasteiger partial charge in [-0.1, -0.05) is 15.9 Å². The molecule has 0 heterocycles. The smallest absolute Gasteiger partial charge is 0.346 e. The predicted molar refractivity (Wildman–Crippen MR) is 69.7 cm³/mol. The fourth-order valence-electron chi connectivity index (χ4n) is 1.37. The van der Waals surface area contributed by atoms with Gasteiger partial charge >= 0.3 is 6.18 Å². The van der Waals surface area contributed by atoms with E-state index in [0.717, 1.165) is 12.1 Å². The van der Waals surface area contributed by atoms with E-state index in [2.05, 4.69) is 21.2 Å². The number of amides is 1. The Balaban J connectivity index is 3.17. The molecule has 0 aliphatic carbocycles. The molecule has 1 aromatic carbocycles. The molecule has 0 saturated heterocycles. The monoisotopic (exact) mass is 338 g/mol. The van der Waals surface area contributed by atoms with Crippen molar-refractivity contribution in [3.8, 4) is 0 Å². The van der Waals surface area contributed by atoms with Gasteiger partial charge < -0.3 is 11.1 Å². The minimum atomic E-state index is -4.59. The number of nitrogens with one attached hydrogen (secondary N) is 1. The van der Waals surface area contributed by atoms with Gasteiger partial charge in [0.15, 0.2) is 0 Å². The number of carbonyl (C=O) groups excluding carboxylic acids is 1. The van der Waals surface area contributed by atoms with E-state index in [1.807, 2.05) is 0 Å². The lowest BCUT2D eigenvalue weighted by atomic mass is 10.0. The minimum Gasteiger partial charge on any atom is -0.346 e. The summed E-state index contributed by atoms with van der Waals surface area (Å²) in [7, 11) is 0. The first-order valence-corrected chi connectivity index (χ1v) is 6.25. The molecule has 106 valence electrons. The molecule has 0 aliphatic rings. The van der Waals surface area contributed by atoms with Crippen molar-refractivity contribution < 1.29 is 18.0 Å². The Labute approximate surface area is 117 Å². The van der Waals surface area contributed by atoms with Crippen LogP contribution >= 0.6 is 15.9 Å². The summed E-state index contributed by atoms with van der Waals surface area (Å²) in [6.45, 7) is 3.39. The van der Waals surface area contributed by atoms with Crippen LogP contribution in [0.15, 0.2) is 22.7 Å². The molecule has 19 heavy (non-hydrogen) atoms. The second-order valence-electron chi connectivity index (χ2n) is 4.73. The zero-order valence-corrected chi connectivity index (χ0v) is 12.0. The normalized spacial score (nSPS) is 12.4. The molecule has 1 rings (SSSR count). The van der Waals surface area contributed by atoms with Crippen LogP contribution in [0, 0.1) is 0 Å². The molecule has 0 radical (unpaired) electrons. The molecule has 0 atom stereocenters. The Kier molecular flexibility index (Phi) is 4.63. The van der Waals surface area contributed by atoms with E-state index < -0.39 is 28.7 Å². The Morgan fingerprint density at radius 3 is 2.42 bits per heavy atom. The van der Waals surface area contributed by atoms with E-state index in [0.29, 0.717) is 0 Å². The first-order valence-electron chi connectivity index (χ1n) is 5.46. The highest BCUT2D eigenvalue weighted by atomic mass is 79.9. The zero-order valence-electron chi connectivity index (χ0n) is 10.4. The molecule has 0 unspecified atom stereocenters. The number of hydrogen-bond donors (Lipinski definition) is 2. The Hall–Kier alpha value is -1.08. The Bertz CT molecular complexity index is 486. The van der Waals surface area contributed by atoms with Crippen molar-refractivity contribution in [2.75, 3.05) is 6.54 Å². The van der Waals surface area contributed by atoms with Crippen molar-refractivity contribution in [1.29, 1.82) is 0 Å². The SMILES string of the molecule is CC(C)(CN)NC(=O)c1ccc(Br)cc1C(F)(F)F. The quantitative estimate of drug-likeness (QED) is 0.890. The van der Waals surface area contributed by atoms with E-state index in [-0.39, 0.29) is 11.0 Å². The zero-order chi connectivity index (χ0) is 14.8. The number of halogens is 4. The standard InChI is InChI=1S/C12H14BrF3N2O/c1-11(2,6-17)18-10(19)8-4-3-7(13)5-9(8)12(14,15)16/h3-5H,6,17H2,1-2H3,(H,18,19). The summed E-state index contributed by atoms with van der Waals surface area (Å²) in [6.07, 6.45) is -4.59. The summed E-state index contributed by atoms with van der Waals surface area (Å²) in [5, 5.41) is 2.47. The van der Waals surface area contributed by atoms with Crippen LogP contribution in [0.4, 0.5) is 13.2 Å². The van der Waals surface area contributed by atoms with Gasteiger partial charge in [0.05, 0.1) is 11.1 Å². The Morgan fingerprint density at radius 2 is 1.95 bits per heavy atom. The van der Waals surface area contributed by atoms with Gasteiger partial charge in [0.1, 0.15) is 0 Å². The molecule has 3 nitrogen and oxygen atoms in total. The van der Waals surface area contributed by atoms with Crippen LogP contribution in [0.2, 0.25) is 0 Å². The molecular formula is C12H14BrF3N2O. The number of benzene rings is 1. The maximum Gasteiger partial charge on any atom is 0.417 e. The number of alkyl halides is 3. The second kappa shape index (κ2) is 5.50. The topological polar surface area (TPSA) is 55.1 Å². The number of carbonyl (C=O) groups is 1. The predicted octanol–water partition coefficient (Wildman–Crippen LogP) is 2.94. The molecule has 0 aromatic heterocycles. The van der Waals surface area contributed by atoms with Gasteiger partial charge in [-0.2, -0.15) is 13.2 Å². The first kappa shape index (κ1) is 16.0. The van der Waals surface area contributed by atoms with Crippen molar-refractivity contribution in [3.05, 3.63) is 33.8 Å². The van der Waals surface area contributed by atoms with Crippen LogP contribution in [-0.2, 0) is 6.18 Å². The largest absolute Gasteiger partial charge is 0.417 e. The second-order valence-corrected chi connectivity index (χ2v) is 5.65. The van der Waals surface area contributed by atoms with E-state index in [4.69, 9.17) is 5.73 Å². The summed E-state index contributed by atoms with van der Waals surface area (Å²) in [5.41, 5.74) is 3.27. The fourth-order valence-corrected chi connectivity index (χ4v) is 1.74. The maximum atomic E-state index is 12.9. The Morgan fingerprint density at radius 1 is 1.37 bits per heavy atom. The molecule has 3 N–H and O–H groups in total. The number of hydrogen-bond acceptors (Lipinski definition) is 2. The molecule has 0 aliphatic heterocycles. The van der Waals surface area contributed by atoms with Crippen molar-refractivity contribution in [2.45, 2.75) is 25.6 Å². The third-order valence-corrected chi connectivity index (χ3v) is 2.99. The van der Waals surface area contributed by atoms with Crippen LogP contribution < -0.4 is 11.1 Å². The van der Waals surface area contributed by atoms with Gasteiger partial charge in [-0.25, -0.2) is 0 Å². The van der Waals surface area contributed by atoms with Gasteiger partial charge in [-0.3, -0.25) is 4.79 Å². The third-order valence-electron chi connectivity index (χ3n) is 2.49. The highest BCUT2D eigenvalue weighted by molar-refractivity contribution is 9.10. The maximum absolute atomic E-state index is 12.9. The van der Waals surface area contributed by atoms with Crippen LogP contribution in [0.25, 0.3) is 0 Å². The highest BCUT2D eigenvalue weighted by Gasteiger charge is 2.36. The number of nitrogens with two attached hydrogens (primary N) is 1. The molecule has 7 heteroatoms. The van der Waals surface area contributed by atoms with Crippen LogP contribution in [0.1, 0.15) is 29.8 Å². The van der Waals surface area contributed by atoms with E-state index in [1.165, 1.54) is 6.07 Å². The lowest BCUT2D eigenvalue weighted by molar-refractivity contribution is -0.138. The average molecular weight is 339 g/mol. The fraction of sp³-hybridized carbons (Fsp3) is 0.417. The molecule has 1 aromatic rings. The molecule has 0 bridgehead atoms.